The Morgan fingerprint density at radius 3 is 2.70 bits per heavy atom. The van der Waals surface area contributed by atoms with Gasteiger partial charge in [-0.2, -0.15) is 0 Å². The summed E-state index contributed by atoms with van der Waals surface area (Å²) in [4.78, 5) is 23.9. The fourth-order valence-electron chi connectivity index (χ4n) is 3.21. The van der Waals surface area contributed by atoms with Gasteiger partial charge in [0.2, 0.25) is 0 Å². The number of aromatic nitrogens is 2. The van der Waals surface area contributed by atoms with Crippen LogP contribution in [0.4, 0.5) is 11.5 Å². The second-order valence-corrected chi connectivity index (χ2v) is 6.14. The molecular weight excluding hydrogens is 344 g/mol. The molecule has 3 heterocycles. The standard InChI is InChI=1S/C20H20N4O3/c1-26-17-7-6-16(14-4-2-8-21-18(14)17)23-20(25)15-5-3-9-22-19(15)24-10-12-27-13-11-24/h2-9H,10-13H2,1H3,(H,23,25). The highest BCUT2D eigenvalue weighted by molar-refractivity contribution is 6.11. The average Bonchev–Trinajstić information content (AvgIpc) is 2.74. The molecule has 1 N–H and O–H groups in total. The third-order valence-electron chi connectivity index (χ3n) is 4.54. The van der Waals surface area contributed by atoms with Crippen molar-refractivity contribution in [3.05, 3.63) is 54.4 Å². The Labute approximate surface area is 156 Å². The van der Waals surface area contributed by atoms with Crippen LogP contribution in [0.25, 0.3) is 10.9 Å². The van der Waals surface area contributed by atoms with E-state index >= 15 is 0 Å². The highest BCUT2D eigenvalue weighted by atomic mass is 16.5. The first-order chi connectivity index (χ1) is 13.3. The topological polar surface area (TPSA) is 76.6 Å². The maximum atomic E-state index is 13.0. The van der Waals surface area contributed by atoms with Crippen molar-refractivity contribution in [1.82, 2.24) is 9.97 Å². The van der Waals surface area contributed by atoms with Crippen LogP contribution in [-0.4, -0.2) is 49.3 Å². The number of amides is 1. The van der Waals surface area contributed by atoms with Crippen molar-refractivity contribution in [3.63, 3.8) is 0 Å². The Bertz CT molecular complexity index is 970. The van der Waals surface area contributed by atoms with Gasteiger partial charge in [0.15, 0.2) is 0 Å². The van der Waals surface area contributed by atoms with Crippen LogP contribution in [0.3, 0.4) is 0 Å². The van der Waals surface area contributed by atoms with Crippen LogP contribution in [0.5, 0.6) is 5.75 Å². The van der Waals surface area contributed by atoms with E-state index in [1.165, 1.54) is 0 Å². The largest absolute Gasteiger partial charge is 0.494 e. The lowest BCUT2D eigenvalue weighted by atomic mass is 10.1. The Balaban J connectivity index is 1.67. The predicted octanol–water partition coefficient (Wildman–Crippen LogP) is 2.73. The Morgan fingerprint density at radius 1 is 1.11 bits per heavy atom. The van der Waals surface area contributed by atoms with Crippen molar-refractivity contribution in [2.45, 2.75) is 0 Å². The average molecular weight is 364 g/mol. The van der Waals surface area contributed by atoms with Crippen LogP contribution in [0, 0.1) is 0 Å². The summed E-state index contributed by atoms with van der Waals surface area (Å²) in [5.74, 6) is 1.13. The smallest absolute Gasteiger partial charge is 0.259 e. The van der Waals surface area contributed by atoms with Crippen LogP contribution in [0.2, 0.25) is 0 Å². The summed E-state index contributed by atoms with van der Waals surface area (Å²) in [6.07, 6.45) is 3.41. The molecule has 3 aromatic rings. The second-order valence-electron chi connectivity index (χ2n) is 6.14. The van der Waals surface area contributed by atoms with E-state index in [0.717, 1.165) is 5.39 Å². The first kappa shape index (κ1) is 17.2. The maximum absolute atomic E-state index is 13.0. The molecule has 7 heteroatoms. The molecule has 1 aliphatic rings. The molecular formula is C20H20N4O3. The van der Waals surface area contributed by atoms with Crippen LogP contribution >= 0.6 is 0 Å². The third-order valence-corrected chi connectivity index (χ3v) is 4.54. The van der Waals surface area contributed by atoms with Gasteiger partial charge >= 0.3 is 0 Å². The number of ether oxygens (including phenoxy) is 2. The molecule has 0 bridgehead atoms. The van der Waals surface area contributed by atoms with Crippen molar-refractivity contribution in [2.75, 3.05) is 43.6 Å². The van der Waals surface area contributed by atoms with Crippen molar-refractivity contribution in [2.24, 2.45) is 0 Å². The molecule has 2 aromatic heterocycles. The van der Waals surface area contributed by atoms with Crippen molar-refractivity contribution < 1.29 is 14.3 Å². The van der Waals surface area contributed by atoms with E-state index in [0.29, 0.717) is 54.6 Å². The van der Waals surface area contributed by atoms with Gasteiger partial charge in [0.05, 0.1) is 31.6 Å². The molecule has 0 radical (unpaired) electrons. The predicted molar refractivity (Wildman–Crippen MR) is 104 cm³/mol. The fourth-order valence-corrected chi connectivity index (χ4v) is 3.21. The van der Waals surface area contributed by atoms with E-state index in [9.17, 15) is 4.79 Å². The van der Waals surface area contributed by atoms with Crippen LogP contribution in [-0.2, 0) is 4.74 Å². The number of nitrogens with one attached hydrogen (secondary N) is 1. The maximum Gasteiger partial charge on any atom is 0.259 e. The number of hydrogen-bond donors (Lipinski definition) is 1. The molecule has 1 aliphatic heterocycles. The summed E-state index contributed by atoms with van der Waals surface area (Å²) in [5, 5.41) is 3.82. The zero-order chi connectivity index (χ0) is 18.6. The van der Waals surface area contributed by atoms with Crippen LogP contribution in [0.1, 0.15) is 10.4 Å². The number of morpholine rings is 1. The first-order valence-electron chi connectivity index (χ1n) is 8.78. The molecule has 1 aromatic carbocycles. The SMILES string of the molecule is COc1ccc(NC(=O)c2cccnc2N2CCOCC2)c2cccnc12. The molecule has 1 fully saturated rings. The van der Waals surface area contributed by atoms with Crippen molar-refractivity contribution in [3.8, 4) is 5.75 Å². The number of pyridine rings is 2. The normalized spacial score (nSPS) is 14.2. The second kappa shape index (κ2) is 7.59. The molecule has 1 saturated heterocycles. The minimum atomic E-state index is -0.208. The number of benzene rings is 1. The van der Waals surface area contributed by atoms with Gasteiger partial charge in [-0.1, -0.05) is 0 Å². The fraction of sp³-hybridized carbons (Fsp3) is 0.250. The van der Waals surface area contributed by atoms with Crippen LogP contribution in [0.15, 0.2) is 48.8 Å². The number of nitrogens with zero attached hydrogens (tertiary/aromatic N) is 3. The van der Waals surface area contributed by atoms with Crippen molar-refractivity contribution >= 4 is 28.3 Å². The van der Waals surface area contributed by atoms with Crippen molar-refractivity contribution in [1.29, 1.82) is 0 Å². The van der Waals surface area contributed by atoms with Gasteiger partial charge in [-0.3, -0.25) is 9.78 Å². The molecule has 0 spiro atoms. The van der Waals surface area contributed by atoms with E-state index in [-0.39, 0.29) is 5.91 Å². The number of methoxy groups -OCH3 is 1. The van der Waals surface area contributed by atoms with E-state index in [4.69, 9.17) is 9.47 Å². The number of carbonyl (C=O) groups is 1. The molecule has 0 unspecified atom stereocenters. The number of carbonyl (C=O) groups excluding carboxylic acids is 1. The lowest BCUT2D eigenvalue weighted by molar-refractivity contribution is 0.102. The molecule has 0 aliphatic carbocycles. The molecule has 0 atom stereocenters. The van der Waals surface area contributed by atoms with E-state index in [1.807, 2.05) is 18.2 Å². The summed E-state index contributed by atoms with van der Waals surface area (Å²) in [6.45, 7) is 2.69. The number of anilines is 2. The van der Waals surface area contributed by atoms with Gasteiger partial charge in [0.25, 0.3) is 5.91 Å². The van der Waals surface area contributed by atoms with Gasteiger partial charge in [0, 0.05) is 30.9 Å². The number of fused-ring (bicyclic) bond motifs is 1. The van der Waals surface area contributed by atoms with Crippen LogP contribution < -0.4 is 15.0 Å². The lowest BCUT2D eigenvalue weighted by Gasteiger charge is -2.29. The van der Waals surface area contributed by atoms with Gasteiger partial charge in [-0.15, -0.1) is 0 Å². The van der Waals surface area contributed by atoms with Gasteiger partial charge in [-0.05, 0) is 36.4 Å². The molecule has 7 nitrogen and oxygen atoms in total. The first-order valence-corrected chi connectivity index (χ1v) is 8.78. The monoisotopic (exact) mass is 364 g/mol. The Kier molecular flexibility index (Phi) is 4.84. The highest BCUT2D eigenvalue weighted by Crippen LogP contribution is 2.30. The van der Waals surface area contributed by atoms with Gasteiger partial charge in [-0.25, -0.2) is 4.98 Å². The Hall–Kier alpha value is -3.19. The molecule has 1 amide bonds. The molecule has 0 saturated carbocycles. The van der Waals surface area contributed by atoms with E-state index in [1.54, 1.807) is 37.7 Å². The summed E-state index contributed by atoms with van der Waals surface area (Å²) in [6, 6.07) is 10.9. The summed E-state index contributed by atoms with van der Waals surface area (Å²) >= 11 is 0. The lowest BCUT2D eigenvalue weighted by Crippen LogP contribution is -2.38. The summed E-state index contributed by atoms with van der Waals surface area (Å²) in [7, 11) is 1.60. The van der Waals surface area contributed by atoms with E-state index in [2.05, 4.69) is 20.2 Å². The Morgan fingerprint density at radius 2 is 1.89 bits per heavy atom. The third kappa shape index (κ3) is 3.41. The minimum Gasteiger partial charge on any atom is -0.494 e. The van der Waals surface area contributed by atoms with E-state index < -0.39 is 0 Å². The zero-order valence-corrected chi connectivity index (χ0v) is 15.0. The molecule has 4 rings (SSSR count). The number of rotatable bonds is 4. The quantitative estimate of drug-likeness (QED) is 0.767. The van der Waals surface area contributed by atoms with Gasteiger partial charge < -0.3 is 19.7 Å². The summed E-state index contributed by atoms with van der Waals surface area (Å²) < 4.78 is 10.8. The number of hydrogen-bond acceptors (Lipinski definition) is 6. The van der Waals surface area contributed by atoms with Gasteiger partial charge in [0.1, 0.15) is 17.1 Å². The highest BCUT2D eigenvalue weighted by Gasteiger charge is 2.20. The zero-order valence-electron chi connectivity index (χ0n) is 15.0. The molecule has 27 heavy (non-hydrogen) atoms. The molecule has 138 valence electrons. The summed E-state index contributed by atoms with van der Waals surface area (Å²) in [5.41, 5.74) is 1.92. The minimum absolute atomic E-state index is 0.208.